The summed E-state index contributed by atoms with van der Waals surface area (Å²) in [5.74, 6) is 4.71. The molecule has 4 rings (SSSR count). The van der Waals surface area contributed by atoms with Gasteiger partial charge in [0, 0.05) is 31.8 Å². The first-order chi connectivity index (χ1) is 15.6. The minimum Gasteiger partial charge on any atom is -0.493 e. The van der Waals surface area contributed by atoms with Gasteiger partial charge in [-0.25, -0.2) is 0 Å². The summed E-state index contributed by atoms with van der Waals surface area (Å²) in [6.45, 7) is 5.66. The summed E-state index contributed by atoms with van der Waals surface area (Å²) in [5, 5.41) is 7.00. The van der Waals surface area contributed by atoms with Crippen LogP contribution in [-0.2, 0) is 24.2 Å². The third-order valence-corrected chi connectivity index (χ3v) is 5.73. The number of rotatable bonds is 5. The second-order valence-corrected chi connectivity index (χ2v) is 7.46. The number of terminal acetylenes is 1. The van der Waals surface area contributed by atoms with Crippen molar-refractivity contribution >= 4 is 6.29 Å². The highest BCUT2D eigenvalue weighted by Crippen LogP contribution is 2.44. The maximum atomic E-state index is 10.6. The van der Waals surface area contributed by atoms with E-state index in [-0.39, 0.29) is 6.61 Å². The Morgan fingerprint density at radius 1 is 1.19 bits per heavy atom. The van der Waals surface area contributed by atoms with Gasteiger partial charge in [-0.15, -0.1) is 12.3 Å². The SMILES string of the molecule is C#CC.CO.COc1ccc2c(c1OC)CN1CCc3cc(OCC=O)c(C)cc3C1C2. The molecule has 0 amide bonds. The number of hydrogen-bond donors (Lipinski definition) is 1. The van der Waals surface area contributed by atoms with Crippen molar-refractivity contribution in [1.82, 2.24) is 4.90 Å². The van der Waals surface area contributed by atoms with Crippen LogP contribution in [0.4, 0.5) is 0 Å². The van der Waals surface area contributed by atoms with E-state index >= 15 is 0 Å². The van der Waals surface area contributed by atoms with Gasteiger partial charge in [0.15, 0.2) is 17.8 Å². The van der Waals surface area contributed by atoms with Crippen LogP contribution in [0.25, 0.3) is 0 Å². The molecule has 0 bridgehead atoms. The Balaban J connectivity index is 0.000000671. The van der Waals surface area contributed by atoms with Crippen molar-refractivity contribution in [1.29, 1.82) is 0 Å². The van der Waals surface area contributed by atoms with Crippen molar-refractivity contribution in [2.24, 2.45) is 0 Å². The Bertz CT molecular complexity index is 964. The smallest absolute Gasteiger partial charge is 0.165 e. The quantitative estimate of drug-likeness (QED) is 0.568. The third-order valence-electron chi connectivity index (χ3n) is 5.73. The van der Waals surface area contributed by atoms with Crippen molar-refractivity contribution in [3.63, 3.8) is 0 Å². The summed E-state index contributed by atoms with van der Waals surface area (Å²) in [6.07, 6.45) is 7.32. The van der Waals surface area contributed by atoms with Gasteiger partial charge in [0.2, 0.25) is 0 Å². The molecule has 0 saturated carbocycles. The number of benzene rings is 2. The molecule has 172 valence electrons. The molecule has 0 aliphatic carbocycles. The number of aliphatic hydroxyl groups excluding tert-OH is 1. The number of carbonyl (C=O) groups is 1. The summed E-state index contributed by atoms with van der Waals surface area (Å²) in [4.78, 5) is 13.2. The molecule has 1 N–H and O–H groups in total. The number of ether oxygens (including phenoxy) is 3. The number of aliphatic hydroxyl groups is 1. The zero-order chi connectivity index (χ0) is 23.7. The minimum atomic E-state index is 0.101. The molecule has 0 radical (unpaired) electrons. The van der Waals surface area contributed by atoms with Gasteiger partial charge < -0.3 is 19.3 Å². The summed E-state index contributed by atoms with van der Waals surface area (Å²) < 4.78 is 16.7. The lowest BCUT2D eigenvalue weighted by Gasteiger charge is -2.42. The average molecular weight is 440 g/mol. The molecule has 2 heterocycles. The van der Waals surface area contributed by atoms with E-state index in [0.717, 1.165) is 62.1 Å². The van der Waals surface area contributed by atoms with Gasteiger partial charge in [-0.3, -0.25) is 9.69 Å². The largest absolute Gasteiger partial charge is 0.493 e. The van der Waals surface area contributed by atoms with E-state index in [0.29, 0.717) is 6.04 Å². The maximum absolute atomic E-state index is 10.6. The molecule has 2 aromatic carbocycles. The first-order valence-corrected chi connectivity index (χ1v) is 10.6. The van der Waals surface area contributed by atoms with Crippen LogP contribution >= 0.6 is 0 Å². The first kappa shape index (κ1) is 25.3. The lowest BCUT2D eigenvalue weighted by atomic mass is 9.83. The lowest BCUT2D eigenvalue weighted by Crippen LogP contribution is -2.39. The zero-order valence-electron chi connectivity index (χ0n) is 19.6. The predicted octanol–water partition coefficient (Wildman–Crippen LogP) is 3.49. The highest BCUT2D eigenvalue weighted by Gasteiger charge is 2.34. The molecule has 2 aromatic rings. The fourth-order valence-corrected chi connectivity index (χ4v) is 4.41. The van der Waals surface area contributed by atoms with Crippen LogP contribution in [0.3, 0.4) is 0 Å². The number of fused-ring (bicyclic) bond motifs is 4. The number of aryl methyl sites for hydroxylation is 1. The molecule has 1 unspecified atom stereocenters. The van der Waals surface area contributed by atoms with Crippen molar-refractivity contribution < 1.29 is 24.1 Å². The highest BCUT2D eigenvalue weighted by molar-refractivity contribution is 5.54. The number of nitrogens with zero attached hydrogens (tertiary/aromatic N) is 1. The molecular weight excluding hydrogens is 406 g/mol. The molecule has 2 aliphatic rings. The van der Waals surface area contributed by atoms with Crippen molar-refractivity contribution in [2.75, 3.05) is 34.5 Å². The zero-order valence-corrected chi connectivity index (χ0v) is 19.6. The van der Waals surface area contributed by atoms with Crippen LogP contribution in [0.15, 0.2) is 24.3 Å². The number of carbonyl (C=O) groups excluding carboxylic acids is 1. The Kier molecular flexibility index (Phi) is 9.58. The monoisotopic (exact) mass is 439 g/mol. The van der Waals surface area contributed by atoms with Crippen LogP contribution < -0.4 is 14.2 Å². The van der Waals surface area contributed by atoms with Crippen molar-refractivity contribution in [3.8, 4) is 29.6 Å². The predicted molar refractivity (Wildman–Crippen MR) is 125 cm³/mol. The van der Waals surface area contributed by atoms with E-state index in [9.17, 15) is 4.79 Å². The van der Waals surface area contributed by atoms with Crippen LogP contribution in [0.5, 0.6) is 17.2 Å². The van der Waals surface area contributed by atoms with Crippen LogP contribution in [-0.4, -0.2) is 50.8 Å². The molecule has 0 fully saturated rings. The molecule has 0 aromatic heterocycles. The van der Waals surface area contributed by atoms with Gasteiger partial charge in [0.25, 0.3) is 0 Å². The standard InChI is InChI=1S/C22H25NO4.C3H4.CH4O/c1-14-10-17-16(12-21(14)27-9-8-24)6-7-23-13-18-15(11-19(17)23)4-5-20(25-2)22(18)26-3;1-3-2;1-2/h4-5,8,10,12,19H,6-7,9,11,13H2,1-3H3;1H,2H3;2H,1H3. The van der Waals surface area contributed by atoms with Gasteiger partial charge in [0.1, 0.15) is 12.4 Å². The average Bonchev–Trinajstić information content (AvgIpc) is 2.82. The number of hydrogen-bond acceptors (Lipinski definition) is 6. The topological polar surface area (TPSA) is 68.2 Å². The van der Waals surface area contributed by atoms with E-state index in [4.69, 9.17) is 19.3 Å². The van der Waals surface area contributed by atoms with Gasteiger partial charge in [-0.2, -0.15) is 0 Å². The van der Waals surface area contributed by atoms with Crippen molar-refractivity contribution in [3.05, 3.63) is 52.1 Å². The molecule has 1 atom stereocenters. The summed E-state index contributed by atoms with van der Waals surface area (Å²) in [7, 11) is 4.39. The second-order valence-electron chi connectivity index (χ2n) is 7.46. The normalized spacial score (nSPS) is 15.7. The number of methoxy groups -OCH3 is 2. The molecule has 6 nitrogen and oxygen atoms in total. The summed E-state index contributed by atoms with van der Waals surface area (Å²) in [5.41, 5.74) is 6.33. The van der Waals surface area contributed by atoms with Crippen LogP contribution in [0, 0.1) is 19.3 Å². The number of aldehydes is 1. The lowest BCUT2D eigenvalue weighted by molar-refractivity contribution is -0.109. The van der Waals surface area contributed by atoms with Crippen LogP contribution in [0.2, 0.25) is 0 Å². The molecule has 0 saturated heterocycles. The van der Waals surface area contributed by atoms with Gasteiger partial charge in [0.05, 0.1) is 14.2 Å². The Labute approximate surface area is 191 Å². The maximum Gasteiger partial charge on any atom is 0.165 e. The van der Waals surface area contributed by atoms with Gasteiger partial charge in [-0.1, -0.05) is 12.1 Å². The van der Waals surface area contributed by atoms with Crippen molar-refractivity contribution in [2.45, 2.75) is 39.3 Å². The van der Waals surface area contributed by atoms with Gasteiger partial charge in [-0.05, 0) is 61.1 Å². The second kappa shape index (κ2) is 12.1. The molecule has 6 heteroatoms. The van der Waals surface area contributed by atoms with Gasteiger partial charge >= 0.3 is 0 Å². The molecule has 0 spiro atoms. The Morgan fingerprint density at radius 2 is 1.91 bits per heavy atom. The summed E-state index contributed by atoms with van der Waals surface area (Å²) >= 11 is 0. The van der Waals surface area contributed by atoms with E-state index < -0.39 is 0 Å². The van der Waals surface area contributed by atoms with E-state index in [2.05, 4.69) is 35.4 Å². The third kappa shape index (κ3) is 5.24. The molecular formula is C26H33NO5. The van der Waals surface area contributed by atoms with E-state index in [1.165, 1.54) is 22.3 Å². The minimum absolute atomic E-state index is 0.101. The van der Waals surface area contributed by atoms with Crippen LogP contribution in [0.1, 0.15) is 40.8 Å². The van der Waals surface area contributed by atoms with E-state index in [1.54, 1.807) is 21.1 Å². The summed E-state index contributed by atoms with van der Waals surface area (Å²) in [6, 6.07) is 8.88. The first-order valence-electron chi connectivity index (χ1n) is 10.6. The molecule has 32 heavy (non-hydrogen) atoms. The fraction of sp³-hybridized carbons (Fsp3) is 0.423. The Hall–Kier alpha value is -3.01. The fourth-order valence-electron chi connectivity index (χ4n) is 4.41. The highest BCUT2D eigenvalue weighted by atomic mass is 16.5. The van der Waals surface area contributed by atoms with E-state index in [1.807, 2.05) is 13.0 Å². The Morgan fingerprint density at radius 3 is 2.53 bits per heavy atom. The molecule has 2 aliphatic heterocycles.